The monoisotopic (exact) mass is 273 g/mol. The normalized spacial score (nSPS) is 20.0. The lowest BCUT2D eigenvalue weighted by molar-refractivity contribution is 0.180. The molecule has 5 nitrogen and oxygen atoms in total. The molecule has 1 saturated heterocycles. The Morgan fingerprint density at radius 3 is 3.15 bits per heavy atom. The number of nitrogens with zero attached hydrogens (tertiary/aromatic N) is 2. The predicted molar refractivity (Wildman–Crippen MR) is 76.0 cm³/mol. The van der Waals surface area contributed by atoms with E-state index in [4.69, 9.17) is 15.2 Å². The highest BCUT2D eigenvalue weighted by Crippen LogP contribution is 2.28. The molecule has 106 valence electrons. The van der Waals surface area contributed by atoms with Crippen LogP contribution in [0.15, 0.2) is 36.8 Å². The summed E-state index contributed by atoms with van der Waals surface area (Å²) in [6, 6.07) is 7.81. The van der Waals surface area contributed by atoms with E-state index in [0.717, 1.165) is 36.8 Å². The number of imidazole rings is 1. The van der Waals surface area contributed by atoms with Crippen molar-refractivity contribution in [1.82, 2.24) is 9.55 Å². The Kier molecular flexibility index (Phi) is 3.71. The van der Waals surface area contributed by atoms with E-state index in [1.54, 1.807) is 13.4 Å². The minimum absolute atomic E-state index is 0.0637. The van der Waals surface area contributed by atoms with Crippen molar-refractivity contribution >= 4 is 0 Å². The molecule has 2 unspecified atom stereocenters. The second-order valence-electron chi connectivity index (χ2n) is 5.04. The van der Waals surface area contributed by atoms with Gasteiger partial charge in [-0.15, -0.1) is 0 Å². The number of hydrogen-bond acceptors (Lipinski definition) is 4. The Labute approximate surface area is 118 Å². The van der Waals surface area contributed by atoms with Gasteiger partial charge < -0.3 is 19.8 Å². The zero-order valence-electron chi connectivity index (χ0n) is 11.5. The molecule has 1 aliphatic heterocycles. The fraction of sp³-hybridized carbons (Fsp3) is 0.400. The van der Waals surface area contributed by atoms with Gasteiger partial charge in [0.2, 0.25) is 0 Å². The van der Waals surface area contributed by atoms with Gasteiger partial charge in [0.15, 0.2) is 0 Å². The highest BCUT2D eigenvalue weighted by molar-refractivity contribution is 5.40. The molecule has 20 heavy (non-hydrogen) atoms. The average molecular weight is 273 g/mol. The molecule has 0 aliphatic carbocycles. The van der Waals surface area contributed by atoms with Crippen molar-refractivity contribution in [3.05, 3.63) is 42.5 Å². The van der Waals surface area contributed by atoms with Crippen LogP contribution in [0.4, 0.5) is 0 Å². The molecule has 0 radical (unpaired) electrons. The van der Waals surface area contributed by atoms with Crippen LogP contribution in [-0.4, -0.2) is 29.9 Å². The number of aromatic nitrogens is 2. The minimum Gasteiger partial charge on any atom is -0.497 e. The van der Waals surface area contributed by atoms with Gasteiger partial charge in [0.1, 0.15) is 5.75 Å². The second-order valence-corrected chi connectivity index (χ2v) is 5.04. The number of hydrogen-bond donors (Lipinski definition) is 1. The number of nitrogens with two attached hydrogens (primary N) is 1. The first-order valence-corrected chi connectivity index (χ1v) is 6.79. The fourth-order valence-corrected chi connectivity index (χ4v) is 2.61. The average Bonchev–Trinajstić information content (AvgIpc) is 3.17. The zero-order valence-corrected chi connectivity index (χ0v) is 11.5. The topological polar surface area (TPSA) is 62.3 Å². The number of ether oxygens (including phenoxy) is 2. The third-order valence-electron chi connectivity index (χ3n) is 3.81. The molecule has 1 aromatic carbocycles. The van der Waals surface area contributed by atoms with E-state index >= 15 is 0 Å². The van der Waals surface area contributed by atoms with Gasteiger partial charge in [0, 0.05) is 18.6 Å². The molecule has 1 aliphatic rings. The smallest absolute Gasteiger partial charge is 0.120 e. The Hall–Kier alpha value is -1.85. The fourth-order valence-electron chi connectivity index (χ4n) is 2.61. The lowest BCUT2D eigenvalue weighted by atomic mass is 9.97. The van der Waals surface area contributed by atoms with Crippen LogP contribution in [-0.2, 0) is 4.74 Å². The van der Waals surface area contributed by atoms with E-state index in [1.807, 2.05) is 35.0 Å². The van der Waals surface area contributed by atoms with Gasteiger partial charge in [-0.25, -0.2) is 4.98 Å². The Morgan fingerprint density at radius 2 is 2.40 bits per heavy atom. The van der Waals surface area contributed by atoms with Crippen LogP contribution < -0.4 is 10.5 Å². The molecular weight excluding hydrogens is 254 g/mol. The van der Waals surface area contributed by atoms with Gasteiger partial charge in [-0.2, -0.15) is 0 Å². The van der Waals surface area contributed by atoms with Gasteiger partial charge >= 0.3 is 0 Å². The maximum atomic E-state index is 6.38. The van der Waals surface area contributed by atoms with Crippen molar-refractivity contribution < 1.29 is 9.47 Å². The number of rotatable bonds is 4. The van der Waals surface area contributed by atoms with Gasteiger partial charge in [-0.3, -0.25) is 0 Å². The van der Waals surface area contributed by atoms with E-state index in [1.165, 1.54) is 0 Å². The molecule has 0 bridgehead atoms. The molecule has 2 N–H and O–H groups in total. The van der Waals surface area contributed by atoms with Crippen molar-refractivity contribution in [2.45, 2.75) is 12.5 Å². The summed E-state index contributed by atoms with van der Waals surface area (Å²) < 4.78 is 12.7. The molecule has 3 rings (SSSR count). The summed E-state index contributed by atoms with van der Waals surface area (Å²) >= 11 is 0. The van der Waals surface area contributed by atoms with Crippen LogP contribution in [0.2, 0.25) is 0 Å². The summed E-state index contributed by atoms with van der Waals surface area (Å²) in [7, 11) is 1.66. The number of methoxy groups -OCH3 is 1. The Balaban J connectivity index is 1.92. The van der Waals surface area contributed by atoms with E-state index in [0.29, 0.717) is 5.92 Å². The summed E-state index contributed by atoms with van der Waals surface area (Å²) in [5.41, 5.74) is 8.40. The molecule has 2 aromatic rings. The first-order chi connectivity index (χ1) is 9.79. The summed E-state index contributed by atoms with van der Waals surface area (Å²) in [5.74, 6) is 1.18. The maximum absolute atomic E-state index is 6.38. The molecule has 1 fully saturated rings. The molecule has 2 heterocycles. The van der Waals surface area contributed by atoms with Crippen molar-refractivity contribution in [3.63, 3.8) is 0 Å². The first kappa shape index (κ1) is 13.1. The van der Waals surface area contributed by atoms with Crippen molar-refractivity contribution in [1.29, 1.82) is 0 Å². The quantitative estimate of drug-likeness (QED) is 0.924. The van der Waals surface area contributed by atoms with Crippen LogP contribution in [0.3, 0.4) is 0 Å². The minimum atomic E-state index is -0.0637. The SMILES string of the molecule is COc1cccc(-n2cncc2C(N)C2CCOC2)c1. The molecule has 5 heteroatoms. The highest BCUT2D eigenvalue weighted by atomic mass is 16.5. The molecule has 2 atom stereocenters. The maximum Gasteiger partial charge on any atom is 0.120 e. The van der Waals surface area contributed by atoms with Crippen molar-refractivity contribution in [2.75, 3.05) is 20.3 Å². The van der Waals surface area contributed by atoms with E-state index in [-0.39, 0.29) is 6.04 Å². The third-order valence-corrected chi connectivity index (χ3v) is 3.81. The van der Waals surface area contributed by atoms with Crippen LogP contribution in [0.5, 0.6) is 5.75 Å². The van der Waals surface area contributed by atoms with Gasteiger partial charge in [0.25, 0.3) is 0 Å². The molecule has 0 saturated carbocycles. The Bertz CT molecular complexity index is 576. The standard InChI is InChI=1S/C15H19N3O2/c1-19-13-4-2-3-12(7-13)18-10-17-8-14(18)15(16)11-5-6-20-9-11/h2-4,7-8,10-11,15H,5-6,9,16H2,1H3. The summed E-state index contributed by atoms with van der Waals surface area (Å²) in [4.78, 5) is 4.25. The van der Waals surface area contributed by atoms with E-state index in [9.17, 15) is 0 Å². The van der Waals surface area contributed by atoms with Crippen molar-refractivity contribution in [2.24, 2.45) is 11.7 Å². The largest absolute Gasteiger partial charge is 0.497 e. The van der Waals surface area contributed by atoms with Gasteiger partial charge in [-0.1, -0.05) is 6.07 Å². The van der Waals surface area contributed by atoms with E-state index < -0.39 is 0 Å². The molecule has 0 spiro atoms. The van der Waals surface area contributed by atoms with Crippen LogP contribution in [0, 0.1) is 5.92 Å². The predicted octanol–water partition coefficient (Wildman–Crippen LogP) is 1.92. The van der Waals surface area contributed by atoms with Crippen molar-refractivity contribution in [3.8, 4) is 11.4 Å². The molecule has 1 aromatic heterocycles. The summed E-state index contributed by atoms with van der Waals surface area (Å²) in [5, 5.41) is 0. The first-order valence-electron chi connectivity index (χ1n) is 6.79. The summed E-state index contributed by atoms with van der Waals surface area (Å²) in [6.07, 6.45) is 4.63. The summed E-state index contributed by atoms with van der Waals surface area (Å²) in [6.45, 7) is 1.52. The highest BCUT2D eigenvalue weighted by Gasteiger charge is 2.26. The zero-order chi connectivity index (χ0) is 13.9. The molecule has 0 amide bonds. The van der Waals surface area contributed by atoms with E-state index in [2.05, 4.69) is 4.98 Å². The second kappa shape index (κ2) is 5.64. The third kappa shape index (κ3) is 2.42. The number of benzene rings is 1. The lowest BCUT2D eigenvalue weighted by Crippen LogP contribution is -2.24. The Morgan fingerprint density at radius 1 is 1.50 bits per heavy atom. The van der Waals surface area contributed by atoms with Gasteiger partial charge in [0.05, 0.1) is 43.7 Å². The van der Waals surface area contributed by atoms with Gasteiger partial charge in [-0.05, 0) is 18.6 Å². The molecular formula is C15H19N3O2. The van der Waals surface area contributed by atoms with Crippen LogP contribution >= 0.6 is 0 Å². The van der Waals surface area contributed by atoms with Crippen LogP contribution in [0.1, 0.15) is 18.2 Å². The van der Waals surface area contributed by atoms with Crippen LogP contribution in [0.25, 0.3) is 5.69 Å². The lowest BCUT2D eigenvalue weighted by Gasteiger charge is -2.19.